The average Bonchev–Trinajstić information content (AvgIpc) is 2.70. The summed E-state index contributed by atoms with van der Waals surface area (Å²) in [6, 6.07) is 0.326. The molecule has 0 saturated carbocycles. The molecule has 1 aromatic rings. The van der Waals surface area contributed by atoms with Gasteiger partial charge in [-0.25, -0.2) is 4.79 Å². The number of piperazine rings is 1. The molecule has 0 spiro atoms. The van der Waals surface area contributed by atoms with Crippen LogP contribution in [0.15, 0.2) is 0 Å². The molecular weight excluding hydrogens is 252 g/mol. The van der Waals surface area contributed by atoms with Crippen LogP contribution in [0.2, 0.25) is 0 Å². The number of rotatable bonds is 2. The standard InChI is InChI=1S/C11H18N4O2S/c1-7-6-14(2)4-5-15(7)10-8(11(16)17-3)9(12)13-18-10/h7H,4-6H2,1-3H3,(H2,12,13). The Hall–Kier alpha value is -1.34. The molecule has 6 nitrogen and oxygen atoms in total. The Kier molecular flexibility index (Phi) is 3.72. The number of carbonyl (C=O) groups excluding carboxylic acids is 1. The Labute approximate surface area is 110 Å². The molecule has 1 aliphatic rings. The van der Waals surface area contributed by atoms with Crippen molar-refractivity contribution < 1.29 is 9.53 Å². The fraction of sp³-hybridized carbons (Fsp3) is 0.636. The van der Waals surface area contributed by atoms with Crippen molar-refractivity contribution in [1.82, 2.24) is 9.27 Å². The lowest BCUT2D eigenvalue weighted by Gasteiger charge is -2.38. The Balaban J connectivity index is 2.31. The highest BCUT2D eigenvalue weighted by Crippen LogP contribution is 2.33. The van der Waals surface area contributed by atoms with Crippen LogP contribution in [0, 0.1) is 0 Å². The van der Waals surface area contributed by atoms with Gasteiger partial charge in [-0.15, -0.1) is 0 Å². The molecule has 2 rings (SSSR count). The normalized spacial score (nSPS) is 21.1. The topological polar surface area (TPSA) is 71.7 Å². The lowest BCUT2D eigenvalue weighted by atomic mass is 10.2. The summed E-state index contributed by atoms with van der Waals surface area (Å²) in [4.78, 5) is 16.2. The predicted octanol–water partition coefficient (Wildman–Crippen LogP) is 0.652. The monoisotopic (exact) mass is 270 g/mol. The lowest BCUT2D eigenvalue weighted by Crippen LogP contribution is -2.50. The maximum atomic E-state index is 11.8. The molecule has 1 unspecified atom stereocenters. The Bertz CT molecular complexity index is 448. The van der Waals surface area contributed by atoms with E-state index in [1.807, 2.05) is 0 Å². The number of hydrogen-bond acceptors (Lipinski definition) is 7. The molecule has 7 heteroatoms. The van der Waals surface area contributed by atoms with Crippen LogP contribution in [0.1, 0.15) is 17.3 Å². The molecule has 0 aromatic carbocycles. The number of nitrogens with two attached hydrogens (primary N) is 1. The summed E-state index contributed by atoms with van der Waals surface area (Å²) in [5, 5.41) is 0.819. The number of aromatic nitrogens is 1. The van der Waals surface area contributed by atoms with E-state index in [1.165, 1.54) is 18.6 Å². The second-order valence-electron chi connectivity index (χ2n) is 4.54. The van der Waals surface area contributed by atoms with Crippen LogP contribution in [0.25, 0.3) is 0 Å². The number of methoxy groups -OCH3 is 1. The number of ether oxygens (including phenoxy) is 1. The molecule has 18 heavy (non-hydrogen) atoms. The zero-order chi connectivity index (χ0) is 13.3. The minimum absolute atomic E-state index is 0.257. The van der Waals surface area contributed by atoms with Gasteiger partial charge in [0.1, 0.15) is 10.6 Å². The first-order chi connectivity index (χ1) is 8.54. The van der Waals surface area contributed by atoms with E-state index in [0.29, 0.717) is 11.6 Å². The van der Waals surface area contributed by atoms with Crippen molar-refractivity contribution in [1.29, 1.82) is 0 Å². The Morgan fingerprint density at radius 2 is 2.28 bits per heavy atom. The lowest BCUT2D eigenvalue weighted by molar-refractivity contribution is 0.0602. The van der Waals surface area contributed by atoms with Crippen molar-refractivity contribution >= 4 is 28.3 Å². The summed E-state index contributed by atoms with van der Waals surface area (Å²) >= 11 is 1.26. The third-order valence-electron chi connectivity index (χ3n) is 3.18. The molecule has 100 valence electrons. The van der Waals surface area contributed by atoms with Gasteiger partial charge in [-0.2, -0.15) is 4.37 Å². The van der Waals surface area contributed by atoms with Crippen LogP contribution in [0.4, 0.5) is 10.8 Å². The molecule has 0 radical (unpaired) electrons. The maximum absolute atomic E-state index is 11.8. The maximum Gasteiger partial charge on any atom is 0.344 e. The van der Waals surface area contributed by atoms with Crippen molar-refractivity contribution in [3.05, 3.63) is 5.56 Å². The SMILES string of the molecule is COC(=O)c1c(N)nsc1N1CCN(C)CC1C. The van der Waals surface area contributed by atoms with Gasteiger partial charge in [0.2, 0.25) is 0 Å². The minimum Gasteiger partial charge on any atom is -0.465 e. The minimum atomic E-state index is -0.414. The van der Waals surface area contributed by atoms with Gasteiger partial charge in [0.05, 0.1) is 7.11 Å². The molecule has 1 saturated heterocycles. The Morgan fingerprint density at radius 1 is 1.56 bits per heavy atom. The highest BCUT2D eigenvalue weighted by molar-refractivity contribution is 7.11. The van der Waals surface area contributed by atoms with E-state index >= 15 is 0 Å². The van der Waals surface area contributed by atoms with Crippen LogP contribution in [-0.2, 0) is 4.74 Å². The Morgan fingerprint density at radius 3 is 2.89 bits per heavy atom. The molecule has 1 aliphatic heterocycles. The first kappa shape index (κ1) is 13.1. The van der Waals surface area contributed by atoms with Crippen molar-refractivity contribution in [3.8, 4) is 0 Å². The number of nitrogen functional groups attached to an aromatic ring is 1. The van der Waals surface area contributed by atoms with E-state index in [1.54, 1.807) is 0 Å². The number of carbonyl (C=O) groups is 1. The van der Waals surface area contributed by atoms with Gasteiger partial charge in [0, 0.05) is 25.7 Å². The summed E-state index contributed by atoms with van der Waals surface area (Å²) in [6.45, 7) is 4.91. The molecule has 0 amide bonds. The highest BCUT2D eigenvalue weighted by atomic mass is 32.1. The number of hydrogen-bond donors (Lipinski definition) is 1. The molecular formula is C11H18N4O2S. The number of nitrogens with zero attached hydrogens (tertiary/aromatic N) is 3. The average molecular weight is 270 g/mol. The van der Waals surface area contributed by atoms with Gasteiger partial charge in [-0.05, 0) is 25.5 Å². The summed E-state index contributed by atoms with van der Waals surface area (Å²) in [7, 11) is 3.45. The van der Waals surface area contributed by atoms with Gasteiger partial charge < -0.3 is 20.3 Å². The van der Waals surface area contributed by atoms with Crippen LogP contribution in [-0.4, -0.2) is 55.1 Å². The largest absolute Gasteiger partial charge is 0.465 e. The van der Waals surface area contributed by atoms with E-state index < -0.39 is 5.97 Å². The van der Waals surface area contributed by atoms with Crippen LogP contribution < -0.4 is 10.6 Å². The molecule has 2 heterocycles. The second-order valence-corrected chi connectivity index (χ2v) is 5.30. The fourth-order valence-corrected chi connectivity index (χ4v) is 3.16. The van der Waals surface area contributed by atoms with E-state index in [0.717, 1.165) is 24.6 Å². The molecule has 1 atom stereocenters. The van der Waals surface area contributed by atoms with Gasteiger partial charge >= 0.3 is 5.97 Å². The van der Waals surface area contributed by atoms with Gasteiger partial charge in [-0.3, -0.25) is 0 Å². The first-order valence-corrected chi connectivity index (χ1v) is 6.60. The number of anilines is 2. The molecule has 0 aliphatic carbocycles. The first-order valence-electron chi connectivity index (χ1n) is 5.83. The van der Waals surface area contributed by atoms with E-state index in [4.69, 9.17) is 10.5 Å². The highest BCUT2D eigenvalue weighted by Gasteiger charge is 2.29. The molecule has 1 fully saturated rings. The third-order valence-corrected chi connectivity index (χ3v) is 4.08. The summed E-state index contributed by atoms with van der Waals surface area (Å²) in [5.74, 6) is -0.157. The third kappa shape index (κ3) is 2.28. The molecule has 0 bridgehead atoms. The summed E-state index contributed by atoms with van der Waals surface area (Å²) in [6.07, 6.45) is 0. The van der Waals surface area contributed by atoms with Crippen molar-refractivity contribution in [3.63, 3.8) is 0 Å². The van der Waals surface area contributed by atoms with Crippen LogP contribution in [0.5, 0.6) is 0 Å². The van der Waals surface area contributed by atoms with Gasteiger partial charge in [-0.1, -0.05) is 0 Å². The van der Waals surface area contributed by atoms with Gasteiger partial charge in [0.15, 0.2) is 5.82 Å². The molecule has 2 N–H and O–H groups in total. The van der Waals surface area contributed by atoms with E-state index in [2.05, 4.69) is 28.1 Å². The smallest absolute Gasteiger partial charge is 0.344 e. The number of esters is 1. The summed E-state index contributed by atoms with van der Waals surface area (Å²) < 4.78 is 8.85. The van der Waals surface area contributed by atoms with Crippen molar-refractivity contribution in [2.75, 3.05) is 44.4 Å². The van der Waals surface area contributed by atoms with E-state index in [-0.39, 0.29) is 5.82 Å². The van der Waals surface area contributed by atoms with Crippen molar-refractivity contribution in [2.24, 2.45) is 0 Å². The zero-order valence-electron chi connectivity index (χ0n) is 10.8. The zero-order valence-corrected chi connectivity index (χ0v) is 11.7. The van der Waals surface area contributed by atoms with E-state index in [9.17, 15) is 4.79 Å². The second kappa shape index (κ2) is 5.11. The quantitative estimate of drug-likeness (QED) is 0.796. The predicted molar refractivity (Wildman–Crippen MR) is 72.2 cm³/mol. The van der Waals surface area contributed by atoms with Crippen molar-refractivity contribution in [2.45, 2.75) is 13.0 Å². The molecule has 1 aromatic heterocycles. The van der Waals surface area contributed by atoms with Crippen LogP contribution in [0.3, 0.4) is 0 Å². The van der Waals surface area contributed by atoms with Crippen LogP contribution >= 0.6 is 11.5 Å². The fourth-order valence-electron chi connectivity index (χ4n) is 2.22. The summed E-state index contributed by atoms with van der Waals surface area (Å²) in [5.41, 5.74) is 6.16. The number of likely N-dealkylation sites (N-methyl/N-ethyl adjacent to an activating group) is 1. The van der Waals surface area contributed by atoms with Gasteiger partial charge in [0.25, 0.3) is 0 Å².